The molecule has 1 aromatic heterocycles. The van der Waals surface area contributed by atoms with Gasteiger partial charge in [-0.3, -0.25) is 0 Å². The molecule has 0 atom stereocenters. The fraction of sp³-hybridized carbons (Fsp3) is 0.500. The van der Waals surface area contributed by atoms with Crippen LogP contribution < -0.4 is 5.73 Å². The molecule has 0 aliphatic carbocycles. The van der Waals surface area contributed by atoms with E-state index in [1.807, 2.05) is 19.9 Å². The van der Waals surface area contributed by atoms with Gasteiger partial charge in [-0.2, -0.15) is 0 Å². The van der Waals surface area contributed by atoms with Gasteiger partial charge in [0.25, 0.3) is 0 Å². The monoisotopic (exact) mass is 340 g/mol. The van der Waals surface area contributed by atoms with E-state index in [4.69, 9.17) is 22.4 Å². The number of rotatable bonds is 3. The van der Waals surface area contributed by atoms with Crippen LogP contribution >= 0.6 is 34.2 Å². The molecule has 84 valence electrons. The summed E-state index contributed by atoms with van der Waals surface area (Å²) in [6, 6.07) is 1.91. The Bertz CT molecular complexity index is 369. The number of pyridine rings is 1. The molecule has 0 radical (unpaired) electrons. The Morgan fingerprint density at radius 1 is 1.60 bits per heavy atom. The highest BCUT2D eigenvalue weighted by atomic mass is 127. The second-order valence-corrected chi connectivity index (χ2v) is 5.52. The zero-order valence-electron chi connectivity index (χ0n) is 8.72. The van der Waals surface area contributed by atoms with Gasteiger partial charge in [-0.05, 0) is 46.1 Å². The van der Waals surface area contributed by atoms with E-state index in [0.29, 0.717) is 17.3 Å². The van der Waals surface area contributed by atoms with Crippen molar-refractivity contribution >= 4 is 39.9 Å². The third-order valence-corrected chi connectivity index (χ3v) is 3.29. The summed E-state index contributed by atoms with van der Waals surface area (Å²) in [5, 5.41) is 9.34. The molecule has 5 heteroatoms. The van der Waals surface area contributed by atoms with E-state index in [0.717, 1.165) is 9.26 Å². The molecule has 1 rings (SSSR count). The molecule has 0 aromatic carbocycles. The molecule has 1 aromatic rings. The second-order valence-electron chi connectivity index (χ2n) is 4.05. The molecular formula is C10H14ClIN2O. The van der Waals surface area contributed by atoms with Crippen LogP contribution in [0.1, 0.15) is 25.8 Å². The van der Waals surface area contributed by atoms with E-state index in [9.17, 15) is 0 Å². The maximum absolute atomic E-state index is 9.00. The first-order valence-corrected chi connectivity index (χ1v) is 6.07. The van der Waals surface area contributed by atoms with Crippen molar-refractivity contribution in [1.29, 1.82) is 0 Å². The van der Waals surface area contributed by atoms with E-state index >= 15 is 0 Å². The van der Waals surface area contributed by atoms with Gasteiger partial charge in [0, 0.05) is 6.61 Å². The molecule has 0 saturated carbocycles. The summed E-state index contributed by atoms with van der Waals surface area (Å²) in [7, 11) is 0. The second kappa shape index (κ2) is 4.84. The van der Waals surface area contributed by atoms with E-state index in [1.165, 1.54) is 0 Å². The van der Waals surface area contributed by atoms with Crippen LogP contribution in [0, 0.1) is 3.70 Å². The average Bonchev–Trinajstić information content (AvgIpc) is 2.11. The van der Waals surface area contributed by atoms with Gasteiger partial charge in [0.15, 0.2) is 5.15 Å². The fourth-order valence-corrected chi connectivity index (χ4v) is 2.36. The smallest absolute Gasteiger partial charge is 0.153 e. The lowest BCUT2D eigenvalue weighted by Gasteiger charge is -2.26. The highest BCUT2D eigenvalue weighted by Crippen LogP contribution is 2.34. The van der Waals surface area contributed by atoms with Crippen LogP contribution in [-0.2, 0) is 5.41 Å². The van der Waals surface area contributed by atoms with Crippen molar-refractivity contribution in [2.45, 2.75) is 25.7 Å². The SMILES string of the molecule is CC(C)(CCO)c1cc(I)nc(Cl)c1N. The largest absolute Gasteiger partial charge is 0.396 e. The number of nitrogens with two attached hydrogens (primary N) is 1. The molecule has 0 saturated heterocycles. The van der Waals surface area contributed by atoms with Gasteiger partial charge in [0.05, 0.1) is 5.69 Å². The van der Waals surface area contributed by atoms with Crippen LogP contribution in [0.25, 0.3) is 0 Å². The fourth-order valence-electron chi connectivity index (χ4n) is 1.47. The lowest BCUT2D eigenvalue weighted by molar-refractivity contribution is 0.252. The molecule has 3 nitrogen and oxygen atoms in total. The Kier molecular flexibility index (Phi) is 4.20. The number of aromatic nitrogens is 1. The first kappa shape index (κ1) is 13.0. The maximum atomic E-state index is 9.00. The summed E-state index contributed by atoms with van der Waals surface area (Å²) >= 11 is 8.02. The Balaban J connectivity index is 3.24. The van der Waals surface area contributed by atoms with E-state index < -0.39 is 0 Å². The zero-order valence-corrected chi connectivity index (χ0v) is 11.6. The number of nitrogen functional groups attached to an aromatic ring is 1. The molecule has 0 aliphatic heterocycles. The molecule has 15 heavy (non-hydrogen) atoms. The number of aliphatic hydroxyl groups excluding tert-OH is 1. The number of hydrogen-bond acceptors (Lipinski definition) is 3. The zero-order chi connectivity index (χ0) is 11.6. The minimum Gasteiger partial charge on any atom is -0.396 e. The van der Waals surface area contributed by atoms with Gasteiger partial charge in [-0.1, -0.05) is 25.4 Å². The third kappa shape index (κ3) is 2.95. The topological polar surface area (TPSA) is 59.1 Å². The Hall–Kier alpha value is -0.0700. The molecule has 0 amide bonds. The highest BCUT2D eigenvalue weighted by molar-refractivity contribution is 14.1. The molecule has 0 spiro atoms. The van der Waals surface area contributed by atoms with Crippen molar-refractivity contribution < 1.29 is 5.11 Å². The van der Waals surface area contributed by atoms with Crippen LogP contribution in [0.2, 0.25) is 5.15 Å². The van der Waals surface area contributed by atoms with Gasteiger partial charge in [-0.25, -0.2) is 4.98 Å². The highest BCUT2D eigenvalue weighted by Gasteiger charge is 2.24. The number of aliphatic hydroxyl groups is 1. The first-order chi connectivity index (χ1) is 6.88. The third-order valence-electron chi connectivity index (χ3n) is 2.45. The molecular weight excluding hydrogens is 326 g/mol. The van der Waals surface area contributed by atoms with E-state index in [-0.39, 0.29) is 12.0 Å². The minimum absolute atomic E-state index is 0.128. The van der Waals surface area contributed by atoms with Gasteiger partial charge >= 0.3 is 0 Å². The van der Waals surface area contributed by atoms with Crippen molar-refractivity contribution in [1.82, 2.24) is 4.98 Å². The van der Waals surface area contributed by atoms with E-state index in [2.05, 4.69) is 27.6 Å². The number of halogens is 2. The van der Waals surface area contributed by atoms with Crippen LogP contribution in [-0.4, -0.2) is 16.7 Å². The van der Waals surface area contributed by atoms with Crippen molar-refractivity contribution in [3.05, 3.63) is 20.5 Å². The average molecular weight is 341 g/mol. The van der Waals surface area contributed by atoms with Gasteiger partial charge < -0.3 is 10.8 Å². The molecule has 1 heterocycles. The molecule has 0 unspecified atom stereocenters. The summed E-state index contributed by atoms with van der Waals surface area (Å²) in [6.45, 7) is 4.19. The molecule has 3 N–H and O–H groups in total. The minimum atomic E-state index is -0.189. The van der Waals surface area contributed by atoms with E-state index in [1.54, 1.807) is 0 Å². The summed E-state index contributed by atoms with van der Waals surface area (Å²) < 4.78 is 0.813. The standard InChI is InChI=1S/C10H14ClIN2O/c1-10(2,3-4-15)6-5-7(12)14-9(11)8(6)13/h5,15H,3-4,13H2,1-2H3. The number of hydrogen-bond donors (Lipinski definition) is 2. The lowest BCUT2D eigenvalue weighted by atomic mass is 9.81. The first-order valence-electron chi connectivity index (χ1n) is 4.61. The van der Waals surface area contributed by atoms with Crippen LogP contribution in [0.5, 0.6) is 0 Å². The summed E-state index contributed by atoms with van der Waals surface area (Å²) in [5.41, 5.74) is 7.15. The van der Waals surface area contributed by atoms with Crippen molar-refractivity contribution in [3.8, 4) is 0 Å². The Labute approximate surface area is 108 Å². The quantitative estimate of drug-likeness (QED) is 0.657. The Morgan fingerprint density at radius 2 is 2.20 bits per heavy atom. The number of nitrogens with zero attached hydrogens (tertiary/aromatic N) is 1. The van der Waals surface area contributed by atoms with Crippen LogP contribution in [0.15, 0.2) is 6.07 Å². The van der Waals surface area contributed by atoms with Crippen LogP contribution in [0.4, 0.5) is 5.69 Å². The Morgan fingerprint density at radius 3 is 2.73 bits per heavy atom. The van der Waals surface area contributed by atoms with Crippen molar-refractivity contribution in [3.63, 3.8) is 0 Å². The molecule has 0 bridgehead atoms. The van der Waals surface area contributed by atoms with Crippen LogP contribution in [0.3, 0.4) is 0 Å². The van der Waals surface area contributed by atoms with Crippen molar-refractivity contribution in [2.75, 3.05) is 12.3 Å². The summed E-state index contributed by atoms with van der Waals surface area (Å²) in [4.78, 5) is 4.07. The maximum Gasteiger partial charge on any atom is 0.153 e. The lowest BCUT2D eigenvalue weighted by Crippen LogP contribution is -2.21. The predicted molar refractivity (Wildman–Crippen MR) is 71.1 cm³/mol. The van der Waals surface area contributed by atoms with Gasteiger partial charge in [-0.15, -0.1) is 0 Å². The molecule has 0 fully saturated rings. The summed E-state index contributed by atoms with van der Waals surface area (Å²) in [5.74, 6) is 0. The number of anilines is 1. The molecule has 0 aliphatic rings. The van der Waals surface area contributed by atoms with Crippen molar-refractivity contribution in [2.24, 2.45) is 0 Å². The normalized spacial score (nSPS) is 11.8. The van der Waals surface area contributed by atoms with Gasteiger partial charge in [0.2, 0.25) is 0 Å². The predicted octanol–water partition coefficient (Wildman–Crippen LogP) is 2.58. The van der Waals surface area contributed by atoms with Gasteiger partial charge in [0.1, 0.15) is 3.70 Å². The summed E-state index contributed by atoms with van der Waals surface area (Å²) in [6.07, 6.45) is 0.646.